The molecule has 158 valence electrons. The van der Waals surface area contributed by atoms with Gasteiger partial charge in [-0.25, -0.2) is 4.98 Å². The molecule has 4 nitrogen and oxygen atoms in total. The Kier molecular flexibility index (Phi) is 6.46. The maximum absolute atomic E-state index is 12.8. The molecular weight excluding hydrogens is 451 g/mol. The van der Waals surface area contributed by atoms with Crippen LogP contribution >= 0.6 is 34.5 Å². The summed E-state index contributed by atoms with van der Waals surface area (Å²) in [5, 5.41) is 4.48. The topological polar surface area (TPSA) is 51.2 Å². The number of nitrogens with zero attached hydrogens (tertiary/aromatic N) is 1. The van der Waals surface area contributed by atoms with Crippen LogP contribution in [0.2, 0.25) is 10.0 Å². The van der Waals surface area contributed by atoms with Gasteiger partial charge >= 0.3 is 0 Å². The van der Waals surface area contributed by atoms with E-state index < -0.39 is 0 Å². The van der Waals surface area contributed by atoms with Crippen molar-refractivity contribution in [2.45, 2.75) is 13.8 Å². The highest BCUT2D eigenvalue weighted by atomic mass is 35.5. The van der Waals surface area contributed by atoms with Gasteiger partial charge in [0.1, 0.15) is 10.8 Å². The van der Waals surface area contributed by atoms with Crippen LogP contribution in [-0.4, -0.2) is 17.5 Å². The standard InChI is InChI=1S/C24H20Cl2N2O2S/c1-14(2)13-30-16-9-7-15(8-10-16)23(29)27-21-11-17(18(25)12-19(21)26)24-28-20-5-3-4-6-22(20)31-24/h3-12,14H,13H2,1-2H3,(H,27,29). The lowest BCUT2D eigenvalue weighted by molar-refractivity contribution is 0.102. The van der Waals surface area contributed by atoms with E-state index in [2.05, 4.69) is 24.1 Å². The van der Waals surface area contributed by atoms with Gasteiger partial charge in [0.25, 0.3) is 5.91 Å². The van der Waals surface area contributed by atoms with E-state index >= 15 is 0 Å². The normalized spacial score (nSPS) is 11.1. The average Bonchev–Trinajstić information content (AvgIpc) is 3.18. The van der Waals surface area contributed by atoms with Gasteiger partial charge in [-0.1, -0.05) is 49.2 Å². The van der Waals surface area contributed by atoms with Crippen molar-refractivity contribution in [3.8, 4) is 16.3 Å². The van der Waals surface area contributed by atoms with E-state index in [-0.39, 0.29) is 5.91 Å². The number of hydrogen-bond acceptors (Lipinski definition) is 4. The van der Waals surface area contributed by atoms with Gasteiger partial charge in [-0.3, -0.25) is 4.79 Å². The lowest BCUT2D eigenvalue weighted by Crippen LogP contribution is -2.12. The second-order valence-electron chi connectivity index (χ2n) is 7.48. The first kappa shape index (κ1) is 21.6. The van der Waals surface area contributed by atoms with E-state index in [4.69, 9.17) is 27.9 Å². The molecule has 1 aromatic heterocycles. The highest BCUT2D eigenvalue weighted by molar-refractivity contribution is 7.21. The first-order chi connectivity index (χ1) is 14.9. The van der Waals surface area contributed by atoms with E-state index in [1.165, 1.54) is 11.3 Å². The van der Waals surface area contributed by atoms with Crippen molar-refractivity contribution in [2.75, 3.05) is 11.9 Å². The summed E-state index contributed by atoms with van der Waals surface area (Å²) in [6, 6.07) is 18.3. The minimum atomic E-state index is -0.269. The Hall–Kier alpha value is -2.60. The van der Waals surface area contributed by atoms with Crippen LogP contribution in [0.15, 0.2) is 60.7 Å². The second kappa shape index (κ2) is 9.27. The number of carbonyl (C=O) groups is 1. The molecule has 0 bridgehead atoms. The van der Waals surface area contributed by atoms with E-state index in [1.54, 1.807) is 36.4 Å². The second-order valence-corrected chi connectivity index (χ2v) is 9.33. The van der Waals surface area contributed by atoms with Crippen molar-refractivity contribution in [3.05, 3.63) is 76.3 Å². The van der Waals surface area contributed by atoms with E-state index in [1.807, 2.05) is 24.3 Å². The first-order valence-corrected chi connectivity index (χ1v) is 11.4. The van der Waals surface area contributed by atoms with Crippen molar-refractivity contribution in [1.29, 1.82) is 0 Å². The van der Waals surface area contributed by atoms with E-state index in [9.17, 15) is 4.79 Å². The number of aromatic nitrogens is 1. The molecule has 0 spiro atoms. The third kappa shape index (κ3) is 5.01. The SMILES string of the molecule is CC(C)COc1ccc(C(=O)Nc2cc(-c3nc4ccccc4s3)c(Cl)cc2Cl)cc1. The Bertz CT molecular complexity index is 1200. The number of ether oxygens (including phenoxy) is 1. The number of rotatable bonds is 6. The molecule has 1 heterocycles. The van der Waals surface area contributed by atoms with Gasteiger partial charge in [0.2, 0.25) is 0 Å². The number of fused-ring (bicyclic) bond motifs is 1. The number of nitrogens with one attached hydrogen (secondary N) is 1. The van der Waals surface area contributed by atoms with Crippen LogP contribution in [0.4, 0.5) is 5.69 Å². The van der Waals surface area contributed by atoms with Crippen molar-refractivity contribution in [2.24, 2.45) is 5.92 Å². The number of hydrogen-bond donors (Lipinski definition) is 1. The smallest absolute Gasteiger partial charge is 0.255 e. The molecule has 0 saturated heterocycles. The Balaban J connectivity index is 1.57. The third-order valence-electron chi connectivity index (χ3n) is 4.53. The van der Waals surface area contributed by atoms with Gasteiger partial charge in [0.05, 0.1) is 32.6 Å². The summed E-state index contributed by atoms with van der Waals surface area (Å²) in [5.74, 6) is 0.891. The van der Waals surface area contributed by atoms with Crippen LogP contribution in [0.25, 0.3) is 20.8 Å². The Morgan fingerprint density at radius 3 is 2.52 bits per heavy atom. The van der Waals surface area contributed by atoms with Gasteiger partial charge in [-0.15, -0.1) is 11.3 Å². The molecule has 7 heteroatoms. The quantitative estimate of drug-likeness (QED) is 0.316. The highest BCUT2D eigenvalue weighted by Gasteiger charge is 2.15. The fourth-order valence-electron chi connectivity index (χ4n) is 2.96. The molecule has 0 radical (unpaired) electrons. The monoisotopic (exact) mass is 470 g/mol. The van der Waals surface area contributed by atoms with Gasteiger partial charge in [-0.2, -0.15) is 0 Å². The molecular formula is C24H20Cl2N2O2S. The predicted octanol–water partition coefficient (Wildman–Crippen LogP) is 7.56. The maximum Gasteiger partial charge on any atom is 0.255 e. The number of halogens is 2. The molecule has 0 saturated carbocycles. The summed E-state index contributed by atoms with van der Waals surface area (Å²) in [6.45, 7) is 4.79. The molecule has 0 aliphatic carbocycles. The molecule has 0 fully saturated rings. The molecule has 0 aliphatic rings. The van der Waals surface area contributed by atoms with Gasteiger partial charge in [0, 0.05) is 11.1 Å². The molecule has 0 unspecified atom stereocenters. The highest BCUT2D eigenvalue weighted by Crippen LogP contribution is 2.39. The zero-order valence-electron chi connectivity index (χ0n) is 17.0. The summed E-state index contributed by atoms with van der Waals surface area (Å²) in [7, 11) is 0. The number of benzene rings is 3. The third-order valence-corrected chi connectivity index (χ3v) is 6.22. The minimum absolute atomic E-state index is 0.269. The summed E-state index contributed by atoms with van der Waals surface area (Å²) < 4.78 is 6.73. The average molecular weight is 471 g/mol. The fraction of sp³-hybridized carbons (Fsp3) is 0.167. The van der Waals surface area contributed by atoms with Crippen LogP contribution in [0.1, 0.15) is 24.2 Å². The minimum Gasteiger partial charge on any atom is -0.493 e. The number of carbonyl (C=O) groups excluding carboxylic acids is 1. The predicted molar refractivity (Wildman–Crippen MR) is 130 cm³/mol. The summed E-state index contributed by atoms with van der Waals surface area (Å²) in [6.07, 6.45) is 0. The molecule has 4 rings (SSSR count). The molecule has 1 amide bonds. The summed E-state index contributed by atoms with van der Waals surface area (Å²) in [5.41, 5.74) is 2.61. The van der Waals surface area contributed by atoms with Crippen molar-refractivity contribution >= 4 is 56.3 Å². The van der Waals surface area contributed by atoms with Crippen molar-refractivity contribution < 1.29 is 9.53 Å². The molecule has 31 heavy (non-hydrogen) atoms. The number of para-hydroxylation sites is 1. The van der Waals surface area contributed by atoms with Crippen molar-refractivity contribution in [1.82, 2.24) is 4.98 Å². The Morgan fingerprint density at radius 1 is 1.06 bits per heavy atom. The molecule has 0 aliphatic heterocycles. The van der Waals surface area contributed by atoms with Crippen LogP contribution in [0.5, 0.6) is 5.75 Å². The summed E-state index contributed by atoms with van der Waals surface area (Å²) >= 11 is 14.3. The Labute approximate surface area is 194 Å². The lowest BCUT2D eigenvalue weighted by Gasteiger charge is -2.11. The number of amides is 1. The van der Waals surface area contributed by atoms with E-state index in [0.717, 1.165) is 26.5 Å². The number of anilines is 1. The zero-order valence-corrected chi connectivity index (χ0v) is 19.3. The number of thiazole rings is 1. The molecule has 4 aromatic rings. The van der Waals surface area contributed by atoms with Gasteiger partial charge < -0.3 is 10.1 Å². The van der Waals surface area contributed by atoms with Gasteiger partial charge in [0.15, 0.2) is 0 Å². The lowest BCUT2D eigenvalue weighted by atomic mass is 10.1. The van der Waals surface area contributed by atoms with E-state index in [0.29, 0.717) is 33.8 Å². The summed E-state index contributed by atoms with van der Waals surface area (Å²) in [4.78, 5) is 17.4. The largest absolute Gasteiger partial charge is 0.493 e. The van der Waals surface area contributed by atoms with Crippen LogP contribution in [-0.2, 0) is 0 Å². The molecule has 1 N–H and O–H groups in total. The maximum atomic E-state index is 12.8. The zero-order chi connectivity index (χ0) is 22.0. The molecule has 3 aromatic carbocycles. The van der Waals surface area contributed by atoms with Gasteiger partial charge in [-0.05, 0) is 54.4 Å². The van der Waals surface area contributed by atoms with Crippen LogP contribution < -0.4 is 10.1 Å². The van der Waals surface area contributed by atoms with Crippen molar-refractivity contribution in [3.63, 3.8) is 0 Å². The fourth-order valence-corrected chi connectivity index (χ4v) is 4.53. The molecule has 0 atom stereocenters. The van der Waals surface area contributed by atoms with Crippen LogP contribution in [0, 0.1) is 5.92 Å². The Morgan fingerprint density at radius 2 is 1.81 bits per heavy atom. The van der Waals surface area contributed by atoms with Crippen LogP contribution in [0.3, 0.4) is 0 Å². The first-order valence-electron chi connectivity index (χ1n) is 9.80.